The molecule has 0 amide bonds. The van der Waals surface area contributed by atoms with E-state index in [1.165, 1.54) is 5.57 Å². The van der Waals surface area contributed by atoms with Gasteiger partial charge in [-0.2, -0.15) is 0 Å². The van der Waals surface area contributed by atoms with Crippen molar-refractivity contribution in [2.75, 3.05) is 0 Å². The third-order valence-electron chi connectivity index (χ3n) is 4.89. The van der Waals surface area contributed by atoms with E-state index in [0.29, 0.717) is 6.61 Å². The molecular formula is C25H34O4. The van der Waals surface area contributed by atoms with Gasteiger partial charge in [-0.15, -0.1) is 0 Å². The molecule has 4 heteroatoms. The van der Waals surface area contributed by atoms with E-state index >= 15 is 0 Å². The summed E-state index contributed by atoms with van der Waals surface area (Å²) in [5.41, 5.74) is 4.17. The summed E-state index contributed by atoms with van der Waals surface area (Å²) in [7, 11) is 0. The van der Waals surface area contributed by atoms with Gasteiger partial charge in [0.15, 0.2) is 0 Å². The molecule has 0 bridgehead atoms. The average Bonchev–Trinajstić information content (AvgIpc) is 2.70. The van der Waals surface area contributed by atoms with Gasteiger partial charge < -0.3 is 20.1 Å². The first-order valence-electron chi connectivity index (χ1n) is 10.3. The highest BCUT2D eigenvalue weighted by atomic mass is 16.5. The van der Waals surface area contributed by atoms with Gasteiger partial charge in [-0.1, -0.05) is 43.7 Å². The third kappa shape index (κ3) is 7.65. The van der Waals surface area contributed by atoms with Crippen LogP contribution in [0.4, 0.5) is 0 Å². The largest absolute Gasteiger partial charge is 0.489 e. The number of rotatable bonds is 11. The van der Waals surface area contributed by atoms with Crippen molar-refractivity contribution in [1.82, 2.24) is 0 Å². The molecule has 29 heavy (non-hydrogen) atoms. The first-order chi connectivity index (χ1) is 13.9. The van der Waals surface area contributed by atoms with Crippen molar-refractivity contribution < 1.29 is 20.1 Å². The lowest BCUT2D eigenvalue weighted by molar-refractivity contribution is 0.0722. The van der Waals surface area contributed by atoms with E-state index < -0.39 is 5.60 Å². The molecule has 0 aliphatic rings. The Hall–Kier alpha value is -2.14. The molecule has 3 N–H and O–H groups in total. The standard InChI is InChI=1S/C25H34O4/c1-4-7-20(9-6-13-25(2,3)28)21-8-5-10-24(15-21)29-18-19-11-12-22(16-26)23(14-19)17-27/h5,8-12,14-15,26-28H,4,6-7,13,16-18H2,1-3H3/b20-9-. The smallest absolute Gasteiger partial charge is 0.120 e. The second-order valence-electron chi connectivity index (χ2n) is 8.07. The number of aliphatic hydroxyl groups is 3. The van der Waals surface area contributed by atoms with Crippen LogP contribution >= 0.6 is 0 Å². The first kappa shape index (κ1) is 23.1. The molecule has 0 atom stereocenters. The summed E-state index contributed by atoms with van der Waals surface area (Å²) in [6.07, 6.45) is 5.83. The van der Waals surface area contributed by atoms with E-state index in [1.54, 1.807) is 0 Å². The van der Waals surface area contributed by atoms with Gasteiger partial charge in [0.1, 0.15) is 12.4 Å². The molecule has 0 spiro atoms. The maximum atomic E-state index is 9.94. The van der Waals surface area contributed by atoms with Crippen molar-refractivity contribution in [3.63, 3.8) is 0 Å². The molecule has 0 unspecified atom stereocenters. The fraction of sp³-hybridized carbons (Fsp3) is 0.440. The van der Waals surface area contributed by atoms with Crippen LogP contribution in [0.15, 0.2) is 48.5 Å². The molecule has 4 nitrogen and oxygen atoms in total. The molecule has 0 aliphatic carbocycles. The van der Waals surface area contributed by atoms with Gasteiger partial charge in [-0.3, -0.25) is 0 Å². The summed E-state index contributed by atoms with van der Waals surface area (Å²) >= 11 is 0. The van der Waals surface area contributed by atoms with Gasteiger partial charge in [0.2, 0.25) is 0 Å². The minimum Gasteiger partial charge on any atom is -0.489 e. The summed E-state index contributed by atoms with van der Waals surface area (Å²) < 4.78 is 5.98. The molecule has 2 aromatic rings. The van der Waals surface area contributed by atoms with Gasteiger partial charge in [-0.25, -0.2) is 0 Å². The van der Waals surface area contributed by atoms with Crippen LogP contribution in [-0.4, -0.2) is 20.9 Å². The summed E-state index contributed by atoms with van der Waals surface area (Å²) in [5, 5.41) is 28.7. The second-order valence-corrected chi connectivity index (χ2v) is 8.07. The number of allylic oxidation sites excluding steroid dienone is 2. The summed E-state index contributed by atoms with van der Waals surface area (Å²) in [5.74, 6) is 0.795. The lowest BCUT2D eigenvalue weighted by Gasteiger charge is -2.16. The predicted molar refractivity (Wildman–Crippen MR) is 117 cm³/mol. The van der Waals surface area contributed by atoms with Crippen molar-refractivity contribution >= 4 is 5.57 Å². The molecule has 0 saturated heterocycles. The molecule has 0 heterocycles. The zero-order valence-corrected chi connectivity index (χ0v) is 17.8. The number of hydrogen-bond donors (Lipinski definition) is 3. The topological polar surface area (TPSA) is 69.9 Å². The van der Waals surface area contributed by atoms with Crippen LogP contribution in [0.25, 0.3) is 5.57 Å². The summed E-state index contributed by atoms with van der Waals surface area (Å²) in [6.45, 7) is 6.05. The Balaban J connectivity index is 2.10. The molecule has 0 radical (unpaired) electrons. The van der Waals surface area contributed by atoms with E-state index in [4.69, 9.17) is 4.74 Å². The Morgan fingerprint density at radius 3 is 2.45 bits per heavy atom. The van der Waals surface area contributed by atoms with Crippen molar-refractivity contribution in [1.29, 1.82) is 0 Å². The SMILES string of the molecule is CCC/C(=C/CCC(C)(C)O)c1cccc(OCc2ccc(CO)c(CO)c2)c1. The van der Waals surface area contributed by atoms with Crippen LogP contribution in [0.2, 0.25) is 0 Å². The van der Waals surface area contributed by atoms with Crippen LogP contribution in [-0.2, 0) is 19.8 Å². The fourth-order valence-electron chi connectivity index (χ4n) is 3.26. The number of ether oxygens (including phenoxy) is 1. The predicted octanol–water partition coefficient (Wildman–Crippen LogP) is 4.98. The van der Waals surface area contributed by atoms with Crippen LogP contribution in [0.1, 0.15) is 68.7 Å². The highest BCUT2D eigenvalue weighted by Gasteiger charge is 2.11. The lowest BCUT2D eigenvalue weighted by atomic mass is 9.97. The molecule has 2 rings (SSSR count). The fourth-order valence-corrected chi connectivity index (χ4v) is 3.26. The van der Waals surface area contributed by atoms with E-state index in [0.717, 1.165) is 53.7 Å². The average molecular weight is 399 g/mol. The zero-order chi connectivity index (χ0) is 21.3. The second kappa shape index (κ2) is 11.1. The van der Waals surface area contributed by atoms with Crippen LogP contribution in [0, 0.1) is 0 Å². The van der Waals surface area contributed by atoms with Crippen LogP contribution in [0.3, 0.4) is 0 Å². The zero-order valence-electron chi connectivity index (χ0n) is 17.8. The maximum Gasteiger partial charge on any atom is 0.120 e. The lowest BCUT2D eigenvalue weighted by Crippen LogP contribution is -2.17. The number of hydrogen-bond acceptors (Lipinski definition) is 4. The van der Waals surface area contributed by atoms with Gasteiger partial charge in [0, 0.05) is 0 Å². The quantitative estimate of drug-likeness (QED) is 0.499. The molecule has 0 aliphatic heterocycles. The maximum absolute atomic E-state index is 9.94. The highest BCUT2D eigenvalue weighted by Crippen LogP contribution is 2.26. The van der Waals surface area contributed by atoms with Gasteiger partial charge in [-0.05, 0) is 79.1 Å². The van der Waals surface area contributed by atoms with Crippen LogP contribution < -0.4 is 4.74 Å². The van der Waals surface area contributed by atoms with E-state index in [9.17, 15) is 15.3 Å². The molecule has 0 fully saturated rings. The Kier molecular flexibility index (Phi) is 8.90. The van der Waals surface area contributed by atoms with E-state index in [-0.39, 0.29) is 13.2 Å². The van der Waals surface area contributed by atoms with Crippen molar-refractivity contribution in [2.45, 2.75) is 71.9 Å². The summed E-state index contributed by atoms with van der Waals surface area (Å²) in [4.78, 5) is 0. The van der Waals surface area contributed by atoms with Crippen LogP contribution in [0.5, 0.6) is 5.75 Å². The van der Waals surface area contributed by atoms with Crippen molar-refractivity contribution in [3.05, 3.63) is 70.8 Å². The molecule has 0 saturated carbocycles. The molecule has 2 aromatic carbocycles. The Labute approximate surface area is 174 Å². The summed E-state index contributed by atoms with van der Waals surface area (Å²) in [6, 6.07) is 13.7. The van der Waals surface area contributed by atoms with Crippen molar-refractivity contribution in [2.24, 2.45) is 0 Å². The Morgan fingerprint density at radius 2 is 1.79 bits per heavy atom. The highest BCUT2D eigenvalue weighted by molar-refractivity contribution is 5.66. The molecule has 0 aromatic heterocycles. The first-order valence-corrected chi connectivity index (χ1v) is 10.3. The minimum atomic E-state index is -0.655. The van der Waals surface area contributed by atoms with E-state index in [1.807, 2.05) is 44.2 Å². The van der Waals surface area contributed by atoms with E-state index in [2.05, 4.69) is 25.1 Å². The number of aliphatic hydroxyl groups excluding tert-OH is 2. The minimum absolute atomic E-state index is 0.0842. The normalized spacial score (nSPS) is 12.3. The number of benzene rings is 2. The molecular weight excluding hydrogens is 364 g/mol. The molecule has 158 valence electrons. The monoisotopic (exact) mass is 398 g/mol. The van der Waals surface area contributed by atoms with Gasteiger partial charge in [0.25, 0.3) is 0 Å². The Morgan fingerprint density at radius 1 is 1.03 bits per heavy atom. The Bertz CT molecular complexity index is 803. The third-order valence-corrected chi connectivity index (χ3v) is 4.89. The van der Waals surface area contributed by atoms with Crippen molar-refractivity contribution in [3.8, 4) is 5.75 Å². The van der Waals surface area contributed by atoms with Gasteiger partial charge in [0.05, 0.1) is 18.8 Å². The van der Waals surface area contributed by atoms with Gasteiger partial charge >= 0.3 is 0 Å².